The second-order valence-electron chi connectivity index (χ2n) is 7.01. The zero-order chi connectivity index (χ0) is 17.0. The van der Waals surface area contributed by atoms with Crippen LogP contribution < -0.4 is 16.0 Å². The number of halogens is 1. The number of rotatable bonds is 6. The van der Waals surface area contributed by atoms with Crippen molar-refractivity contribution in [1.82, 2.24) is 16.0 Å². The van der Waals surface area contributed by atoms with Crippen molar-refractivity contribution < 1.29 is 9.90 Å². The molecule has 4 N–H and O–H groups in total. The van der Waals surface area contributed by atoms with Gasteiger partial charge in [-0.25, -0.2) is 4.79 Å². The Kier molecular flexibility index (Phi) is 5.64. The fraction of sp³-hybridized carbons (Fsp3) is 0.611. The van der Waals surface area contributed by atoms with Gasteiger partial charge in [0.25, 0.3) is 0 Å². The number of aliphatic hydroxyl groups is 1. The van der Waals surface area contributed by atoms with E-state index in [1.54, 1.807) is 12.1 Å². The van der Waals surface area contributed by atoms with E-state index in [9.17, 15) is 9.90 Å². The Labute approximate surface area is 148 Å². The minimum absolute atomic E-state index is 0.0160. The van der Waals surface area contributed by atoms with Gasteiger partial charge < -0.3 is 21.1 Å². The van der Waals surface area contributed by atoms with Crippen LogP contribution in [0.5, 0.6) is 0 Å². The molecule has 1 aliphatic carbocycles. The Morgan fingerprint density at radius 2 is 2.12 bits per heavy atom. The van der Waals surface area contributed by atoms with E-state index >= 15 is 0 Å². The predicted octanol–water partition coefficient (Wildman–Crippen LogP) is 2.25. The highest BCUT2D eigenvalue weighted by Crippen LogP contribution is 2.43. The molecule has 132 valence electrons. The van der Waals surface area contributed by atoms with Crippen molar-refractivity contribution in [2.75, 3.05) is 26.2 Å². The molecule has 24 heavy (non-hydrogen) atoms. The third-order valence-electron chi connectivity index (χ3n) is 5.59. The number of aliphatic hydroxyl groups excluding tert-OH is 1. The lowest BCUT2D eigenvalue weighted by atomic mass is 9.82. The molecule has 3 atom stereocenters. The summed E-state index contributed by atoms with van der Waals surface area (Å²) < 4.78 is 0. The molecule has 1 unspecified atom stereocenters. The summed E-state index contributed by atoms with van der Waals surface area (Å²) in [7, 11) is 0. The first-order valence-electron chi connectivity index (χ1n) is 8.74. The maximum absolute atomic E-state index is 12.1. The molecule has 5 nitrogen and oxygen atoms in total. The normalized spacial score (nSPS) is 26.8. The minimum atomic E-state index is -0.158. The summed E-state index contributed by atoms with van der Waals surface area (Å²) in [6, 6.07) is 7.76. The van der Waals surface area contributed by atoms with E-state index in [1.807, 2.05) is 12.1 Å². The Balaban J connectivity index is 1.47. The molecule has 0 aromatic heterocycles. The van der Waals surface area contributed by atoms with Gasteiger partial charge in [0.15, 0.2) is 0 Å². The lowest BCUT2D eigenvalue weighted by Gasteiger charge is -2.29. The lowest BCUT2D eigenvalue weighted by Crippen LogP contribution is -2.46. The Morgan fingerprint density at radius 1 is 1.33 bits per heavy atom. The topological polar surface area (TPSA) is 73.4 Å². The number of hydrogen-bond acceptors (Lipinski definition) is 3. The van der Waals surface area contributed by atoms with Gasteiger partial charge in [0.2, 0.25) is 0 Å². The smallest absolute Gasteiger partial charge is 0.314 e. The van der Waals surface area contributed by atoms with Crippen LogP contribution in [0.2, 0.25) is 5.02 Å². The number of carbonyl (C=O) groups is 1. The molecule has 1 aliphatic heterocycles. The maximum atomic E-state index is 12.1. The molecule has 2 amide bonds. The first-order chi connectivity index (χ1) is 11.6. The fourth-order valence-electron chi connectivity index (χ4n) is 4.11. The number of amides is 2. The molecular weight excluding hydrogens is 326 g/mol. The standard InChI is InChI=1S/C18H26ClN3O2/c19-15-5-3-13(4-6-15)14(11-23)10-21-17(24)22-12-18-7-1-2-16(18)20-9-8-18/h3-6,14,16,20,23H,1-2,7-12H2,(H2,21,22,24)/t14?,16-,18-/m1/s1. The van der Waals surface area contributed by atoms with E-state index in [-0.39, 0.29) is 24.0 Å². The molecule has 3 rings (SSSR count). The van der Waals surface area contributed by atoms with Crippen molar-refractivity contribution in [2.45, 2.75) is 37.6 Å². The Hall–Kier alpha value is -1.30. The van der Waals surface area contributed by atoms with Crippen LogP contribution in [0.3, 0.4) is 0 Å². The van der Waals surface area contributed by atoms with E-state index in [1.165, 1.54) is 19.3 Å². The molecular formula is C18H26ClN3O2. The number of carbonyl (C=O) groups excluding carboxylic acids is 1. The molecule has 1 saturated carbocycles. The summed E-state index contributed by atoms with van der Waals surface area (Å²) in [4.78, 5) is 12.1. The molecule has 0 radical (unpaired) electrons. The molecule has 1 aromatic carbocycles. The molecule has 1 aromatic rings. The second-order valence-corrected chi connectivity index (χ2v) is 7.44. The lowest BCUT2D eigenvalue weighted by molar-refractivity contribution is 0.221. The van der Waals surface area contributed by atoms with Crippen molar-refractivity contribution in [3.05, 3.63) is 34.9 Å². The highest BCUT2D eigenvalue weighted by Gasteiger charge is 2.45. The SMILES string of the molecule is O=C(NCC(CO)c1ccc(Cl)cc1)NC[C@]12CCC[C@H]1NCC2. The van der Waals surface area contributed by atoms with Crippen molar-refractivity contribution >= 4 is 17.6 Å². The average molecular weight is 352 g/mol. The van der Waals surface area contributed by atoms with E-state index in [4.69, 9.17) is 11.6 Å². The van der Waals surface area contributed by atoms with Crippen molar-refractivity contribution in [3.8, 4) is 0 Å². The van der Waals surface area contributed by atoms with E-state index in [0.717, 1.165) is 25.1 Å². The monoisotopic (exact) mass is 351 g/mol. The summed E-state index contributed by atoms with van der Waals surface area (Å²) >= 11 is 5.89. The number of fused-ring (bicyclic) bond motifs is 1. The van der Waals surface area contributed by atoms with Gasteiger partial charge in [-0.3, -0.25) is 0 Å². The summed E-state index contributed by atoms with van der Waals surface area (Å²) in [5, 5.41) is 19.7. The van der Waals surface area contributed by atoms with Crippen LogP contribution in [-0.4, -0.2) is 43.4 Å². The van der Waals surface area contributed by atoms with Crippen LogP contribution in [0, 0.1) is 5.41 Å². The molecule has 1 saturated heterocycles. The molecule has 0 spiro atoms. The van der Waals surface area contributed by atoms with Gasteiger partial charge in [-0.15, -0.1) is 0 Å². The first kappa shape index (κ1) is 17.5. The summed E-state index contributed by atoms with van der Waals surface area (Å²) in [6.45, 7) is 2.16. The van der Waals surface area contributed by atoms with E-state index in [0.29, 0.717) is 17.6 Å². The van der Waals surface area contributed by atoms with Gasteiger partial charge in [0.05, 0.1) is 6.61 Å². The summed E-state index contributed by atoms with van der Waals surface area (Å²) in [6.07, 6.45) is 4.79. The number of benzene rings is 1. The Morgan fingerprint density at radius 3 is 2.88 bits per heavy atom. The van der Waals surface area contributed by atoms with E-state index < -0.39 is 0 Å². The van der Waals surface area contributed by atoms with E-state index in [2.05, 4.69) is 16.0 Å². The van der Waals surface area contributed by atoms with Crippen LogP contribution in [-0.2, 0) is 0 Å². The fourth-order valence-corrected chi connectivity index (χ4v) is 4.24. The van der Waals surface area contributed by atoms with Crippen molar-refractivity contribution in [3.63, 3.8) is 0 Å². The number of nitrogens with one attached hydrogen (secondary N) is 3. The summed E-state index contributed by atoms with van der Waals surface area (Å²) in [5.41, 5.74) is 1.21. The minimum Gasteiger partial charge on any atom is -0.396 e. The third-order valence-corrected chi connectivity index (χ3v) is 5.84. The quantitative estimate of drug-likeness (QED) is 0.635. The third kappa shape index (κ3) is 3.85. The zero-order valence-corrected chi connectivity index (χ0v) is 14.6. The highest BCUT2D eigenvalue weighted by atomic mass is 35.5. The van der Waals surface area contributed by atoms with Gasteiger partial charge >= 0.3 is 6.03 Å². The van der Waals surface area contributed by atoms with Gasteiger partial charge in [-0.05, 0) is 43.5 Å². The average Bonchev–Trinajstić information content (AvgIpc) is 3.15. The molecule has 2 fully saturated rings. The van der Waals surface area contributed by atoms with Crippen LogP contribution in [0.1, 0.15) is 37.2 Å². The van der Waals surface area contributed by atoms with Gasteiger partial charge in [0.1, 0.15) is 0 Å². The van der Waals surface area contributed by atoms with Crippen LogP contribution in [0.15, 0.2) is 24.3 Å². The predicted molar refractivity (Wildman–Crippen MR) is 95.4 cm³/mol. The first-order valence-corrected chi connectivity index (χ1v) is 9.12. The molecule has 0 bridgehead atoms. The largest absolute Gasteiger partial charge is 0.396 e. The number of hydrogen-bond donors (Lipinski definition) is 4. The van der Waals surface area contributed by atoms with Crippen molar-refractivity contribution in [1.29, 1.82) is 0 Å². The van der Waals surface area contributed by atoms with Gasteiger partial charge in [-0.1, -0.05) is 30.2 Å². The molecule has 2 aliphatic rings. The zero-order valence-electron chi connectivity index (χ0n) is 13.9. The maximum Gasteiger partial charge on any atom is 0.314 e. The van der Waals surface area contributed by atoms with Gasteiger partial charge in [0, 0.05) is 35.5 Å². The van der Waals surface area contributed by atoms with Crippen molar-refractivity contribution in [2.24, 2.45) is 5.41 Å². The van der Waals surface area contributed by atoms with Crippen LogP contribution in [0.4, 0.5) is 4.79 Å². The number of urea groups is 1. The Bertz CT molecular complexity index is 554. The second kappa shape index (κ2) is 7.72. The van der Waals surface area contributed by atoms with Crippen LogP contribution >= 0.6 is 11.6 Å². The van der Waals surface area contributed by atoms with Crippen LogP contribution in [0.25, 0.3) is 0 Å². The summed E-state index contributed by atoms with van der Waals surface area (Å²) in [5.74, 6) is -0.126. The van der Waals surface area contributed by atoms with Gasteiger partial charge in [-0.2, -0.15) is 0 Å². The molecule has 6 heteroatoms. The highest BCUT2D eigenvalue weighted by molar-refractivity contribution is 6.30. The molecule has 1 heterocycles.